The molecule has 2 rings (SSSR count). The summed E-state index contributed by atoms with van der Waals surface area (Å²) in [6.07, 6.45) is 5.56. The van der Waals surface area contributed by atoms with Crippen molar-refractivity contribution in [3.05, 3.63) is 10.6 Å². The van der Waals surface area contributed by atoms with Crippen LogP contribution in [0.5, 0.6) is 0 Å². The molecule has 0 bridgehead atoms. The van der Waals surface area contributed by atoms with Crippen molar-refractivity contribution in [3.8, 4) is 0 Å². The Labute approximate surface area is 116 Å². The highest BCUT2D eigenvalue weighted by Crippen LogP contribution is 2.27. The molecule has 0 amide bonds. The van der Waals surface area contributed by atoms with E-state index in [1.165, 1.54) is 19.3 Å². The molecular weight excluding hydrogens is 266 g/mol. The lowest BCUT2D eigenvalue weighted by molar-refractivity contribution is 0.576. The highest BCUT2D eigenvalue weighted by atomic mass is 32.1. The largest absolute Gasteiger partial charge is 0.375 e. The van der Waals surface area contributed by atoms with Gasteiger partial charge in [-0.1, -0.05) is 11.3 Å². The number of nitrogens with zero attached hydrogens (tertiary/aromatic N) is 3. The van der Waals surface area contributed by atoms with Gasteiger partial charge in [0.2, 0.25) is 0 Å². The Hall–Kier alpha value is -1.21. The van der Waals surface area contributed by atoms with E-state index < -0.39 is 0 Å². The summed E-state index contributed by atoms with van der Waals surface area (Å²) in [5.41, 5.74) is 8.85. The first-order chi connectivity index (χ1) is 8.66. The van der Waals surface area contributed by atoms with Crippen molar-refractivity contribution in [2.45, 2.75) is 26.2 Å². The summed E-state index contributed by atoms with van der Waals surface area (Å²) < 4.78 is 0. The lowest BCUT2D eigenvalue weighted by Crippen LogP contribution is -2.29. The fourth-order valence-corrected chi connectivity index (χ4v) is 2.93. The molecule has 1 aromatic rings. The number of anilines is 1. The van der Waals surface area contributed by atoms with E-state index in [9.17, 15) is 0 Å². The maximum Gasteiger partial charge on any atom is 0.186 e. The van der Waals surface area contributed by atoms with Gasteiger partial charge in [-0.2, -0.15) is 5.10 Å². The zero-order chi connectivity index (χ0) is 13.0. The van der Waals surface area contributed by atoms with Crippen LogP contribution in [0, 0.1) is 6.92 Å². The smallest absolute Gasteiger partial charge is 0.186 e. The molecule has 98 valence electrons. The van der Waals surface area contributed by atoms with E-state index in [1.54, 1.807) is 17.6 Å². The van der Waals surface area contributed by atoms with Gasteiger partial charge in [-0.15, -0.1) is 0 Å². The molecular formula is C11H17N5S2. The van der Waals surface area contributed by atoms with Crippen molar-refractivity contribution in [1.29, 1.82) is 0 Å². The lowest BCUT2D eigenvalue weighted by atomic mass is 10.1. The number of thiocarbonyl (C=S) groups is 1. The monoisotopic (exact) mass is 283 g/mol. The first kappa shape index (κ1) is 13.2. The predicted octanol–water partition coefficient (Wildman–Crippen LogP) is 1.61. The summed E-state index contributed by atoms with van der Waals surface area (Å²) >= 11 is 6.34. The van der Waals surface area contributed by atoms with Crippen LogP contribution in [0.25, 0.3) is 0 Å². The number of aromatic nitrogens is 1. The van der Waals surface area contributed by atoms with Gasteiger partial charge in [-0.25, -0.2) is 4.98 Å². The van der Waals surface area contributed by atoms with Crippen LogP contribution in [0.3, 0.4) is 0 Å². The van der Waals surface area contributed by atoms with Crippen LogP contribution in [0.4, 0.5) is 5.13 Å². The number of rotatable bonds is 3. The van der Waals surface area contributed by atoms with E-state index in [0.717, 1.165) is 28.8 Å². The average molecular weight is 283 g/mol. The number of piperidine rings is 1. The molecule has 0 saturated carbocycles. The van der Waals surface area contributed by atoms with E-state index >= 15 is 0 Å². The Bertz CT molecular complexity index is 448. The molecule has 0 spiro atoms. The van der Waals surface area contributed by atoms with Crippen LogP contribution in [-0.2, 0) is 0 Å². The molecule has 3 N–H and O–H groups in total. The first-order valence-corrected chi connectivity index (χ1v) is 7.20. The molecule has 1 aliphatic rings. The molecule has 0 radical (unpaired) electrons. The van der Waals surface area contributed by atoms with Gasteiger partial charge < -0.3 is 10.6 Å². The zero-order valence-corrected chi connectivity index (χ0v) is 12.0. The van der Waals surface area contributed by atoms with Gasteiger partial charge in [0.25, 0.3) is 0 Å². The molecule has 5 nitrogen and oxygen atoms in total. The second kappa shape index (κ2) is 6.10. The second-order valence-corrected chi connectivity index (χ2v) is 5.68. The van der Waals surface area contributed by atoms with E-state index in [1.807, 2.05) is 6.92 Å². The molecule has 1 saturated heterocycles. The van der Waals surface area contributed by atoms with Gasteiger partial charge in [0.05, 0.1) is 16.8 Å². The minimum absolute atomic E-state index is 0.171. The normalized spacial score (nSPS) is 16.2. The van der Waals surface area contributed by atoms with E-state index in [0.29, 0.717) is 0 Å². The summed E-state index contributed by atoms with van der Waals surface area (Å²) in [4.78, 5) is 7.98. The van der Waals surface area contributed by atoms with Crippen molar-refractivity contribution in [1.82, 2.24) is 10.4 Å². The van der Waals surface area contributed by atoms with Gasteiger partial charge in [-0.05, 0) is 38.4 Å². The number of hydrogen-bond donors (Lipinski definition) is 2. The Morgan fingerprint density at radius 3 is 2.89 bits per heavy atom. The van der Waals surface area contributed by atoms with Crippen molar-refractivity contribution in [2.24, 2.45) is 10.8 Å². The van der Waals surface area contributed by atoms with Crippen LogP contribution in [0.2, 0.25) is 0 Å². The Balaban J connectivity index is 2.06. The molecule has 7 heteroatoms. The number of nitrogens with one attached hydrogen (secondary N) is 1. The Morgan fingerprint density at radius 1 is 1.50 bits per heavy atom. The molecule has 1 aliphatic heterocycles. The number of nitrogens with two attached hydrogens (primary N) is 1. The minimum Gasteiger partial charge on any atom is -0.375 e. The third kappa shape index (κ3) is 3.39. The summed E-state index contributed by atoms with van der Waals surface area (Å²) in [6.45, 7) is 4.20. The van der Waals surface area contributed by atoms with Crippen LogP contribution in [0.1, 0.15) is 29.8 Å². The molecule has 0 unspecified atom stereocenters. The summed E-state index contributed by atoms with van der Waals surface area (Å²) in [6, 6.07) is 0. The minimum atomic E-state index is 0.171. The number of hydrogen-bond acceptors (Lipinski definition) is 5. The summed E-state index contributed by atoms with van der Waals surface area (Å²) in [5, 5.41) is 5.23. The van der Waals surface area contributed by atoms with Gasteiger partial charge in [0.15, 0.2) is 10.2 Å². The molecule has 1 fully saturated rings. The molecule has 1 aromatic heterocycles. The Kier molecular flexibility index (Phi) is 4.48. The van der Waals surface area contributed by atoms with Gasteiger partial charge in [0, 0.05) is 13.1 Å². The van der Waals surface area contributed by atoms with Crippen molar-refractivity contribution in [2.75, 3.05) is 18.0 Å². The van der Waals surface area contributed by atoms with E-state index in [4.69, 9.17) is 5.73 Å². The molecule has 0 aromatic carbocycles. The van der Waals surface area contributed by atoms with Crippen LogP contribution >= 0.6 is 23.6 Å². The highest BCUT2D eigenvalue weighted by Gasteiger charge is 2.15. The molecule has 18 heavy (non-hydrogen) atoms. The zero-order valence-electron chi connectivity index (χ0n) is 10.3. The third-order valence-electron chi connectivity index (χ3n) is 2.80. The molecule has 0 atom stereocenters. The standard InChI is InChI=1S/C11H17N5S2/c1-8-9(7-13-15-10(12)17)18-11(14-8)16-5-3-2-4-6-16/h7H,2-6H2,1H3,(H3,12,15,17). The van der Waals surface area contributed by atoms with Gasteiger partial charge in [0.1, 0.15) is 0 Å². The highest BCUT2D eigenvalue weighted by molar-refractivity contribution is 7.80. The van der Waals surface area contributed by atoms with Crippen molar-refractivity contribution < 1.29 is 0 Å². The first-order valence-electron chi connectivity index (χ1n) is 5.97. The average Bonchev–Trinajstić information content (AvgIpc) is 2.72. The molecule has 0 aliphatic carbocycles. The number of hydrazone groups is 1. The number of aryl methyl sites for hydroxylation is 1. The van der Waals surface area contributed by atoms with Gasteiger partial charge in [-0.3, -0.25) is 5.43 Å². The summed E-state index contributed by atoms with van der Waals surface area (Å²) in [5.74, 6) is 0. The fraction of sp³-hybridized carbons (Fsp3) is 0.545. The van der Waals surface area contributed by atoms with E-state index in [2.05, 4.69) is 32.6 Å². The van der Waals surface area contributed by atoms with Crippen LogP contribution < -0.4 is 16.1 Å². The maximum atomic E-state index is 5.30. The topological polar surface area (TPSA) is 66.5 Å². The Morgan fingerprint density at radius 2 is 2.22 bits per heavy atom. The lowest BCUT2D eigenvalue weighted by Gasteiger charge is -2.25. The van der Waals surface area contributed by atoms with Crippen molar-refractivity contribution in [3.63, 3.8) is 0 Å². The number of thiazole rings is 1. The summed E-state index contributed by atoms with van der Waals surface area (Å²) in [7, 11) is 0. The molecule has 2 heterocycles. The van der Waals surface area contributed by atoms with Crippen LogP contribution in [0.15, 0.2) is 5.10 Å². The van der Waals surface area contributed by atoms with Crippen molar-refractivity contribution >= 4 is 40.0 Å². The third-order valence-corrected chi connectivity index (χ3v) is 4.05. The van der Waals surface area contributed by atoms with Gasteiger partial charge >= 0.3 is 0 Å². The maximum absolute atomic E-state index is 5.30. The second-order valence-electron chi connectivity index (χ2n) is 4.23. The fourth-order valence-electron chi connectivity index (χ4n) is 1.89. The SMILES string of the molecule is Cc1nc(N2CCCCC2)sc1C=NNC(N)=S. The van der Waals surface area contributed by atoms with E-state index in [-0.39, 0.29) is 5.11 Å². The van der Waals surface area contributed by atoms with Crippen LogP contribution in [-0.4, -0.2) is 29.4 Å². The predicted molar refractivity (Wildman–Crippen MR) is 80.4 cm³/mol. The quantitative estimate of drug-likeness (QED) is 0.501.